The molecule has 3 N–H and O–H groups in total. The second kappa shape index (κ2) is 9.27. The van der Waals surface area contributed by atoms with Gasteiger partial charge in [-0.1, -0.05) is 0 Å². The van der Waals surface area contributed by atoms with E-state index in [1.807, 2.05) is 0 Å². The molecule has 0 bridgehead atoms. The number of rotatable bonds is 5. The van der Waals surface area contributed by atoms with E-state index in [-0.39, 0.29) is 11.7 Å². The fourth-order valence-electron chi connectivity index (χ4n) is 2.99. The highest BCUT2D eigenvalue weighted by atomic mass is 32.1. The smallest absolute Gasteiger partial charge is 0.251 e. The number of nitrogens with one attached hydrogen (secondary N) is 2. The standard InChI is InChI=1S/C19H25N5O2S/c1-20-19(24-12-10-23(11-13-24)17-3-2-14-27-17)22-9-8-21-18(26)15-4-6-16(25)7-5-15/h2-7,14,25H,8-13H2,1H3,(H,20,22)(H,21,26). The molecule has 2 aromatic rings. The Hall–Kier alpha value is -2.74. The third-order valence-corrected chi connectivity index (χ3v) is 5.36. The first-order valence-corrected chi connectivity index (χ1v) is 9.86. The van der Waals surface area contributed by atoms with E-state index >= 15 is 0 Å². The second-order valence-corrected chi connectivity index (χ2v) is 7.13. The van der Waals surface area contributed by atoms with Crippen molar-refractivity contribution in [2.45, 2.75) is 0 Å². The summed E-state index contributed by atoms with van der Waals surface area (Å²) in [6, 6.07) is 10.5. The third-order valence-electron chi connectivity index (χ3n) is 4.43. The van der Waals surface area contributed by atoms with E-state index in [1.165, 1.54) is 17.1 Å². The fourth-order valence-corrected chi connectivity index (χ4v) is 3.77. The molecule has 144 valence electrons. The molecule has 1 saturated heterocycles. The van der Waals surface area contributed by atoms with Crippen molar-refractivity contribution < 1.29 is 9.90 Å². The minimum Gasteiger partial charge on any atom is -0.508 e. The molecule has 0 spiro atoms. The summed E-state index contributed by atoms with van der Waals surface area (Å²) in [6.07, 6.45) is 0. The number of amides is 1. The predicted octanol–water partition coefficient (Wildman–Crippen LogP) is 1.58. The minimum atomic E-state index is -0.156. The van der Waals surface area contributed by atoms with Crippen molar-refractivity contribution >= 4 is 28.2 Å². The lowest BCUT2D eigenvalue weighted by atomic mass is 10.2. The maximum atomic E-state index is 12.1. The Morgan fingerprint density at radius 1 is 1.11 bits per heavy atom. The average molecular weight is 388 g/mol. The molecule has 8 heteroatoms. The molecule has 1 aliphatic rings. The van der Waals surface area contributed by atoms with Gasteiger partial charge in [-0.3, -0.25) is 9.79 Å². The van der Waals surface area contributed by atoms with Gasteiger partial charge >= 0.3 is 0 Å². The number of piperazine rings is 1. The monoisotopic (exact) mass is 387 g/mol. The van der Waals surface area contributed by atoms with Gasteiger partial charge in [-0.15, -0.1) is 11.3 Å². The predicted molar refractivity (Wildman–Crippen MR) is 110 cm³/mol. The number of benzene rings is 1. The number of phenolic OH excluding ortho intramolecular Hbond substituents is 1. The van der Waals surface area contributed by atoms with E-state index in [0.717, 1.165) is 32.1 Å². The van der Waals surface area contributed by atoms with Crippen molar-refractivity contribution in [1.82, 2.24) is 15.5 Å². The molecule has 0 atom stereocenters. The third kappa shape index (κ3) is 5.13. The summed E-state index contributed by atoms with van der Waals surface area (Å²) in [7, 11) is 1.78. The lowest BCUT2D eigenvalue weighted by Crippen LogP contribution is -2.53. The molecule has 2 heterocycles. The van der Waals surface area contributed by atoms with Crippen molar-refractivity contribution in [3.8, 4) is 5.75 Å². The number of thiophene rings is 1. The average Bonchev–Trinajstić information content (AvgIpc) is 3.23. The topological polar surface area (TPSA) is 80.2 Å². The molecule has 1 fully saturated rings. The fraction of sp³-hybridized carbons (Fsp3) is 0.368. The van der Waals surface area contributed by atoms with Crippen LogP contribution in [0.2, 0.25) is 0 Å². The SMILES string of the molecule is CN=C(NCCNC(=O)c1ccc(O)cc1)N1CCN(c2cccs2)CC1. The van der Waals surface area contributed by atoms with E-state index in [4.69, 9.17) is 0 Å². The van der Waals surface area contributed by atoms with Gasteiger partial charge in [-0.05, 0) is 41.8 Å². The number of guanidine groups is 1. The van der Waals surface area contributed by atoms with Crippen LogP contribution < -0.4 is 15.5 Å². The van der Waals surface area contributed by atoms with Crippen LogP contribution in [0.5, 0.6) is 5.75 Å². The molecular formula is C19H25N5O2S. The van der Waals surface area contributed by atoms with Crippen LogP contribution in [-0.2, 0) is 0 Å². The summed E-state index contributed by atoms with van der Waals surface area (Å²) in [5.41, 5.74) is 0.530. The molecule has 7 nitrogen and oxygen atoms in total. The molecule has 1 aromatic carbocycles. The first-order chi connectivity index (χ1) is 13.2. The van der Waals surface area contributed by atoms with Gasteiger partial charge in [-0.25, -0.2) is 0 Å². The number of aromatic hydroxyl groups is 1. The van der Waals surface area contributed by atoms with Crippen molar-refractivity contribution in [3.05, 3.63) is 47.3 Å². The summed E-state index contributed by atoms with van der Waals surface area (Å²) in [4.78, 5) is 21.1. The van der Waals surface area contributed by atoms with Gasteiger partial charge in [0.2, 0.25) is 0 Å². The van der Waals surface area contributed by atoms with E-state index in [0.29, 0.717) is 18.7 Å². The molecular weight excluding hydrogens is 362 g/mol. The van der Waals surface area contributed by atoms with Gasteiger partial charge in [0.1, 0.15) is 5.75 Å². The Morgan fingerprint density at radius 2 is 1.81 bits per heavy atom. The number of phenols is 1. The molecule has 0 unspecified atom stereocenters. The van der Waals surface area contributed by atoms with Crippen LogP contribution in [-0.4, -0.2) is 68.2 Å². The Labute approximate surface area is 163 Å². The van der Waals surface area contributed by atoms with Crippen molar-refractivity contribution in [3.63, 3.8) is 0 Å². The van der Waals surface area contributed by atoms with Crippen molar-refractivity contribution in [2.75, 3.05) is 51.2 Å². The molecule has 0 aliphatic carbocycles. The Kier molecular flexibility index (Phi) is 6.54. The molecule has 1 amide bonds. The minimum absolute atomic E-state index is 0.149. The van der Waals surface area contributed by atoms with Crippen LogP contribution in [0.25, 0.3) is 0 Å². The number of anilines is 1. The Morgan fingerprint density at radius 3 is 2.44 bits per heavy atom. The van der Waals surface area contributed by atoms with Crippen LogP contribution in [0.1, 0.15) is 10.4 Å². The van der Waals surface area contributed by atoms with Gasteiger partial charge in [0, 0.05) is 51.9 Å². The summed E-state index contributed by atoms with van der Waals surface area (Å²) in [5, 5.41) is 18.9. The van der Waals surface area contributed by atoms with E-state index < -0.39 is 0 Å². The molecule has 3 rings (SSSR count). The maximum absolute atomic E-state index is 12.1. The molecule has 0 radical (unpaired) electrons. The summed E-state index contributed by atoms with van der Waals surface area (Å²) < 4.78 is 0. The van der Waals surface area contributed by atoms with Gasteiger partial charge in [0.25, 0.3) is 5.91 Å². The van der Waals surface area contributed by atoms with E-state index in [2.05, 4.69) is 42.9 Å². The normalized spacial score (nSPS) is 14.9. The van der Waals surface area contributed by atoms with Crippen LogP contribution in [0.15, 0.2) is 46.8 Å². The zero-order valence-electron chi connectivity index (χ0n) is 15.4. The first kappa shape index (κ1) is 19.0. The van der Waals surface area contributed by atoms with Crippen molar-refractivity contribution in [1.29, 1.82) is 0 Å². The van der Waals surface area contributed by atoms with Crippen LogP contribution in [0, 0.1) is 0 Å². The highest BCUT2D eigenvalue weighted by Gasteiger charge is 2.20. The quantitative estimate of drug-likeness (QED) is 0.412. The van der Waals surface area contributed by atoms with E-state index in [1.54, 1.807) is 30.5 Å². The number of carbonyl (C=O) groups excluding carboxylic acids is 1. The Bertz CT molecular complexity index is 753. The second-order valence-electron chi connectivity index (χ2n) is 6.20. The summed E-state index contributed by atoms with van der Waals surface area (Å²) in [5.74, 6) is 0.854. The van der Waals surface area contributed by atoms with Crippen molar-refractivity contribution in [2.24, 2.45) is 4.99 Å². The van der Waals surface area contributed by atoms with Gasteiger partial charge in [0.05, 0.1) is 5.00 Å². The molecule has 0 saturated carbocycles. The van der Waals surface area contributed by atoms with Crippen LogP contribution >= 0.6 is 11.3 Å². The summed E-state index contributed by atoms with van der Waals surface area (Å²) in [6.45, 7) is 4.86. The van der Waals surface area contributed by atoms with Crippen LogP contribution in [0.4, 0.5) is 5.00 Å². The first-order valence-electron chi connectivity index (χ1n) is 8.98. The number of hydrogen-bond acceptors (Lipinski definition) is 5. The van der Waals surface area contributed by atoms with Gasteiger partial charge in [0.15, 0.2) is 5.96 Å². The maximum Gasteiger partial charge on any atom is 0.251 e. The summed E-state index contributed by atoms with van der Waals surface area (Å²) >= 11 is 1.77. The molecule has 27 heavy (non-hydrogen) atoms. The van der Waals surface area contributed by atoms with E-state index in [9.17, 15) is 9.90 Å². The lowest BCUT2D eigenvalue weighted by molar-refractivity contribution is 0.0954. The van der Waals surface area contributed by atoms with Gasteiger partial charge in [-0.2, -0.15) is 0 Å². The zero-order valence-corrected chi connectivity index (χ0v) is 16.2. The van der Waals surface area contributed by atoms with Crippen LogP contribution in [0.3, 0.4) is 0 Å². The molecule has 1 aliphatic heterocycles. The largest absolute Gasteiger partial charge is 0.508 e. The number of nitrogens with zero attached hydrogens (tertiary/aromatic N) is 3. The highest BCUT2D eigenvalue weighted by Crippen LogP contribution is 2.22. The Balaban J connectivity index is 1.39. The lowest BCUT2D eigenvalue weighted by Gasteiger charge is -2.37. The number of hydrogen-bond donors (Lipinski definition) is 3. The number of carbonyl (C=O) groups is 1. The number of aliphatic imine (C=N–C) groups is 1. The van der Waals surface area contributed by atoms with Gasteiger partial charge < -0.3 is 25.5 Å². The highest BCUT2D eigenvalue weighted by molar-refractivity contribution is 7.14. The molecule has 1 aromatic heterocycles. The zero-order chi connectivity index (χ0) is 19.1.